The van der Waals surface area contributed by atoms with Crippen molar-refractivity contribution in [2.75, 3.05) is 0 Å². The van der Waals surface area contributed by atoms with Crippen molar-refractivity contribution in [2.45, 2.75) is 65.3 Å². The normalized spacial score (nSPS) is 13.8. The second-order valence-electron chi connectivity index (χ2n) is 3.79. The third kappa shape index (κ3) is 4.76. The van der Waals surface area contributed by atoms with E-state index in [1.54, 1.807) is 0 Å². The van der Waals surface area contributed by atoms with Crippen LogP contribution in [0.1, 0.15) is 59.3 Å². The molecule has 0 saturated carbocycles. The van der Waals surface area contributed by atoms with E-state index < -0.39 is 0 Å². The Bertz CT molecular complexity index is 85.0. The molecular weight excluding hydrogens is 146 g/mol. The van der Waals surface area contributed by atoms with Crippen LogP contribution in [0.2, 0.25) is 0 Å². The molecule has 0 aromatic rings. The maximum absolute atomic E-state index is 6.10. The van der Waals surface area contributed by atoms with E-state index in [1.165, 1.54) is 38.5 Å². The topological polar surface area (TPSA) is 26.0 Å². The first kappa shape index (κ1) is 12.0. The molecule has 0 heterocycles. The summed E-state index contributed by atoms with van der Waals surface area (Å²) in [6, 6.07) is 0.454. The van der Waals surface area contributed by atoms with Crippen LogP contribution in [0, 0.1) is 5.92 Å². The highest BCUT2D eigenvalue weighted by Gasteiger charge is 2.14. The quantitative estimate of drug-likeness (QED) is 0.624. The SMILES string of the molecule is CCCC(N)C(CCC)CCC. The van der Waals surface area contributed by atoms with E-state index >= 15 is 0 Å². The molecule has 1 heteroatoms. The van der Waals surface area contributed by atoms with Crippen molar-refractivity contribution < 1.29 is 0 Å². The Morgan fingerprint density at radius 1 is 0.833 bits per heavy atom. The average molecular weight is 171 g/mol. The van der Waals surface area contributed by atoms with E-state index in [9.17, 15) is 0 Å². The van der Waals surface area contributed by atoms with Crippen LogP contribution in [0.4, 0.5) is 0 Å². The molecule has 74 valence electrons. The molecule has 12 heavy (non-hydrogen) atoms. The molecule has 0 rings (SSSR count). The molecule has 0 radical (unpaired) electrons. The maximum atomic E-state index is 6.10. The summed E-state index contributed by atoms with van der Waals surface area (Å²) in [4.78, 5) is 0. The molecular formula is C11H25N. The van der Waals surface area contributed by atoms with Crippen LogP contribution >= 0.6 is 0 Å². The fraction of sp³-hybridized carbons (Fsp3) is 1.00. The molecule has 0 saturated heterocycles. The van der Waals surface area contributed by atoms with E-state index in [0.717, 1.165) is 5.92 Å². The first-order valence-corrected chi connectivity index (χ1v) is 5.51. The van der Waals surface area contributed by atoms with Crippen LogP contribution in [-0.4, -0.2) is 6.04 Å². The minimum atomic E-state index is 0.454. The van der Waals surface area contributed by atoms with Gasteiger partial charge in [-0.05, 0) is 25.2 Å². The van der Waals surface area contributed by atoms with Gasteiger partial charge in [0.1, 0.15) is 0 Å². The molecule has 0 spiro atoms. The van der Waals surface area contributed by atoms with Crippen LogP contribution in [0.25, 0.3) is 0 Å². The molecule has 0 aliphatic carbocycles. The van der Waals surface area contributed by atoms with Crippen molar-refractivity contribution in [1.82, 2.24) is 0 Å². The Morgan fingerprint density at radius 3 is 1.58 bits per heavy atom. The van der Waals surface area contributed by atoms with Crippen LogP contribution in [0.15, 0.2) is 0 Å². The third-order valence-corrected chi connectivity index (χ3v) is 2.55. The third-order valence-electron chi connectivity index (χ3n) is 2.55. The zero-order valence-corrected chi connectivity index (χ0v) is 8.97. The van der Waals surface area contributed by atoms with E-state index in [2.05, 4.69) is 20.8 Å². The maximum Gasteiger partial charge on any atom is 0.00670 e. The molecule has 0 bridgehead atoms. The lowest BCUT2D eigenvalue weighted by atomic mass is 9.89. The highest BCUT2D eigenvalue weighted by atomic mass is 14.6. The van der Waals surface area contributed by atoms with E-state index in [-0.39, 0.29) is 0 Å². The predicted molar refractivity (Wildman–Crippen MR) is 56.2 cm³/mol. The molecule has 0 aliphatic heterocycles. The summed E-state index contributed by atoms with van der Waals surface area (Å²) in [7, 11) is 0. The fourth-order valence-corrected chi connectivity index (χ4v) is 1.88. The van der Waals surface area contributed by atoms with Gasteiger partial charge in [0.05, 0.1) is 0 Å². The molecule has 0 aromatic heterocycles. The number of rotatable bonds is 7. The number of hydrogen-bond donors (Lipinski definition) is 1. The predicted octanol–water partition coefficient (Wildman–Crippen LogP) is 3.33. The van der Waals surface area contributed by atoms with Gasteiger partial charge in [-0.3, -0.25) is 0 Å². The first-order valence-electron chi connectivity index (χ1n) is 5.51. The van der Waals surface area contributed by atoms with Gasteiger partial charge in [0.25, 0.3) is 0 Å². The molecule has 0 fully saturated rings. The Morgan fingerprint density at radius 2 is 1.25 bits per heavy atom. The Labute approximate surface area is 77.7 Å². The van der Waals surface area contributed by atoms with Gasteiger partial charge in [0.15, 0.2) is 0 Å². The minimum absolute atomic E-state index is 0.454. The summed E-state index contributed by atoms with van der Waals surface area (Å²) in [6.07, 6.45) is 7.62. The van der Waals surface area contributed by atoms with Gasteiger partial charge in [-0.25, -0.2) is 0 Å². The van der Waals surface area contributed by atoms with Gasteiger partial charge in [-0.2, -0.15) is 0 Å². The minimum Gasteiger partial charge on any atom is -0.327 e. The standard InChI is InChI=1S/C11H25N/c1-4-7-10(8-5-2)11(12)9-6-3/h10-11H,4-9,12H2,1-3H3. The van der Waals surface area contributed by atoms with E-state index in [4.69, 9.17) is 5.73 Å². The molecule has 1 unspecified atom stereocenters. The molecule has 0 aromatic carbocycles. The van der Waals surface area contributed by atoms with Gasteiger partial charge in [-0.15, -0.1) is 0 Å². The van der Waals surface area contributed by atoms with Crippen molar-refractivity contribution in [3.05, 3.63) is 0 Å². The molecule has 1 atom stereocenters. The van der Waals surface area contributed by atoms with E-state index in [1.807, 2.05) is 0 Å². The number of nitrogens with two attached hydrogens (primary N) is 1. The second-order valence-corrected chi connectivity index (χ2v) is 3.79. The molecule has 1 nitrogen and oxygen atoms in total. The molecule has 0 aliphatic rings. The summed E-state index contributed by atoms with van der Waals surface area (Å²) in [5.41, 5.74) is 6.10. The largest absolute Gasteiger partial charge is 0.327 e. The summed E-state index contributed by atoms with van der Waals surface area (Å²) < 4.78 is 0. The summed E-state index contributed by atoms with van der Waals surface area (Å²) in [6.45, 7) is 6.72. The molecule has 0 amide bonds. The van der Waals surface area contributed by atoms with Crippen LogP contribution in [0.3, 0.4) is 0 Å². The second kappa shape index (κ2) is 7.60. The lowest BCUT2D eigenvalue weighted by molar-refractivity contribution is 0.345. The monoisotopic (exact) mass is 171 g/mol. The lowest BCUT2D eigenvalue weighted by Gasteiger charge is -2.22. The van der Waals surface area contributed by atoms with Gasteiger partial charge >= 0.3 is 0 Å². The van der Waals surface area contributed by atoms with Crippen molar-refractivity contribution in [1.29, 1.82) is 0 Å². The lowest BCUT2D eigenvalue weighted by Crippen LogP contribution is -2.29. The highest BCUT2D eigenvalue weighted by Crippen LogP contribution is 2.19. The van der Waals surface area contributed by atoms with Crippen molar-refractivity contribution in [3.8, 4) is 0 Å². The zero-order chi connectivity index (χ0) is 9.40. The summed E-state index contributed by atoms with van der Waals surface area (Å²) >= 11 is 0. The zero-order valence-electron chi connectivity index (χ0n) is 8.97. The average Bonchev–Trinajstić information content (AvgIpc) is 2.04. The summed E-state index contributed by atoms with van der Waals surface area (Å²) in [5.74, 6) is 0.778. The van der Waals surface area contributed by atoms with E-state index in [0.29, 0.717) is 6.04 Å². The van der Waals surface area contributed by atoms with Crippen molar-refractivity contribution in [3.63, 3.8) is 0 Å². The summed E-state index contributed by atoms with van der Waals surface area (Å²) in [5, 5.41) is 0. The van der Waals surface area contributed by atoms with Crippen molar-refractivity contribution >= 4 is 0 Å². The Hall–Kier alpha value is -0.0400. The van der Waals surface area contributed by atoms with Gasteiger partial charge in [0.2, 0.25) is 0 Å². The Balaban J connectivity index is 3.72. The fourth-order valence-electron chi connectivity index (χ4n) is 1.88. The molecule has 2 N–H and O–H groups in total. The van der Waals surface area contributed by atoms with Crippen LogP contribution in [0.5, 0.6) is 0 Å². The number of hydrogen-bond acceptors (Lipinski definition) is 1. The Kier molecular flexibility index (Phi) is 7.58. The van der Waals surface area contributed by atoms with Gasteiger partial charge in [0, 0.05) is 6.04 Å². The smallest absolute Gasteiger partial charge is 0.00670 e. The van der Waals surface area contributed by atoms with Crippen LogP contribution < -0.4 is 5.73 Å². The van der Waals surface area contributed by atoms with Crippen molar-refractivity contribution in [2.24, 2.45) is 11.7 Å². The van der Waals surface area contributed by atoms with Gasteiger partial charge < -0.3 is 5.73 Å². The van der Waals surface area contributed by atoms with Gasteiger partial charge in [-0.1, -0.05) is 40.0 Å². The highest BCUT2D eigenvalue weighted by molar-refractivity contribution is 4.71. The van der Waals surface area contributed by atoms with Crippen LogP contribution in [-0.2, 0) is 0 Å². The first-order chi connectivity index (χ1) is 5.76.